The van der Waals surface area contributed by atoms with Crippen LogP contribution in [0.5, 0.6) is 5.75 Å². The predicted octanol–water partition coefficient (Wildman–Crippen LogP) is 4.38. The van der Waals surface area contributed by atoms with Crippen molar-refractivity contribution in [2.75, 3.05) is 19.9 Å². The number of amides is 1. The topological polar surface area (TPSA) is 29.5 Å². The molecule has 0 N–H and O–H groups in total. The second-order valence-corrected chi connectivity index (χ2v) is 6.56. The van der Waals surface area contributed by atoms with E-state index in [4.69, 9.17) is 16.3 Å². The number of ether oxygens (including phenoxy) is 1. The van der Waals surface area contributed by atoms with Gasteiger partial charge in [0.05, 0.1) is 12.9 Å². The van der Waals surface area contributed by atoms with Gasteiger partial charge in [-0.15, -0.1) is 11.8 Å². The van der Waals surface area contributed by atoms with Crippen LogP contribution >= 0.6 is 23.4 Å². The number of carbonyl (C=O) groups is 1. The molecular weight excluding hydrogens is 356 g/mol. The van der Waals surface area contributed by atoms with E-state index < -0.39 is 11.6 Å². The Kier molecular flexibility index (Phi) is 6.45. The monoisotopic (exact) mass is 371 g/mol. The number of halogens is 3. The molecule has 0 saturated carbocycles. The zero-order valence-electron chi connectivity index (χ0n) is 13.2. The number of hydrogen-bond donors (Lipinski definition) is 0. The summed E-state index contributed by atoms with van der Waals surface area (Å²) in [6, 6.07) is 8.76. The summed E-state index contributed by atoms with van der Waals surface area (Å²) in [4.78, 5) is 14.2. The quantitative estimate of drug-likeness (QED) is 0.706. The number of benzene rings is 2. The van der Waals surface area contributed by atoms with E-state index in [1.165, 1.54) is 11.0 Å². The van der Waals surface area contributed by atoms with Crippen molar-refractivity contribution in [3.8, 4) is 5.75 Å². The van der Waals surface area contributed by atoms with Gasteiger partial charge in [0.1, 0.15) is 5.75 Å². The molecule has 0 bridgehead atoms. The minimum atomic E-state index is -0.926. The highest BCUT2D eigenvalue weighted by molar-refractivity contribution is 8.00. The highest BCUT2D eigenvalue weighted by Gasteiger charge is 2.13. The normalized spacial score (nSPS) is 10.5. The molecule has 0 aliphatic carbocycles. The van der Waals surface area contributed by atoms with Crippen LogP contribution in [0.4, 0.5) is 8.78 Å². The Morgan fingerprint density at radius 3 is 2.62 bits per heavy atom. The van der Waals surface area contributed by atoms with Gasteiger partial charge >= 0.3 is 0 Å². The molecule has 1 amide bonds. The largest absolute Gasteiger partial charge is 0.496 e. The molecule has 0 unspecified atom stereocenters. The minimum Gasteiger partial charge on any atom is -0.496 e. The van der Waals surface area contributed by atoms with Crippen molar-refractivity contribution in [3.05, 3.63) is 58.6 Å². The first kappa shape index (κ1) is 18.5. The van der Waals surface area contributed by atoms with E-state index in [1.54, 1.807) is 32.4 Å². The molecule has 0 radical (unpaired) electrons. The fraction of sp³-hybridized carbons (Fsp3) is 0.235. The maximum Gasteiger partial charge on any atom is 0.232 e. The average Bonchev–Trinajstić information content (AvgIpc) is 2.55. The summed E-state index contributed by atoms with van der Waals surface area (Å²) in [5, 5.41) is 0.558. The number of carbonyl (C=O) groups excluding carboxylic acids is 1. The Balaban J connectivity index is 1.97. The van der Waals surface area contributed by atoms with Crippen LogP contribution in [0.25, 0.3) is 0 Å². The Labute approximate surface area is 148 Å². The number of nitrogens with zero attached hydrogens (tertiary/aromatic N) is 1. The zero-order chi connectivity index (χ0) is 17.7. The molecule has 128 valence electrons. The number of thioether (sulfide) groups is 1. The van der Waals surface area contributed by atoms with E-state index in [0.29, 0.717) is 22.2 Å². The molecule has 2 aromatic rings. The van der Waals surface area contributed by atoms with E-state index >= 15 is 0 Å². The lowest BCUT2D eigenvalue weighted by molar-refractivity contribution is -0.127. The molecule has 0 atom stereocenters. The van der Waals surface area contributed by atoms with Crippen molar-refractivity contribution >= 4 is 29.3 Å². The molecule has 2 rings (SSSR count). The molecule has 0 saturated heterocycles. The number of hydrogen-bond acceptors (Lipinski definition) is 3. The lowest BCUT2D eigenvalue weighted by Gasteiger charge is -2.19. The van der Waals surface area contributed by atoms with Gasteiger partial charge < -0.3 is 9.64 Å². The molecule has 7 heteroatoms. The van der Waals surface area contributed by atoms with Crippen molar-refractivity contribution in [1.82, 2.24) is 4.90 Å². The summed E-state index contributed by atoms with van der Waals surface area (Å²) in [7, 11) is 3.21. The first-order valence-electron chi connectivity index (χ1n) is 7.05. The standard InChI is InChI=1S/C17H16ClF2NO2S/c1-21(9-11-7-12(18)3-6-16(11)23-2)17(22)10-24-13-4-5-14(19)15(20)8-13/h3-8H,9-10H2,1-2H3. The van der Waals surface area contributed by atoms with E-state index in [9.17, 15) is 13.6 Å². The lowest BCUT2D eigenvalue weighted by atomic mass is 10.2. The van der Waals surface area contributed by atoms with Gasteiger partial charge in [-0.25, -0.2) is 8.78 Å². The summed E-state index contributed by atoms with van der Waals surface area (Å²) in [6.45, 7) is 0.334. The first-order valence-corrected chi connectivity index (χ1v) is 8.41. The molecular formula is C17H16ClF2NO2S. The second kappa shape index (κ2) is 8.35. The summed E-state index contributed by atoms with van der Waals surface area (Å²) >= 11 is 7.12. The van der Waals surface area contributed by atoms with Gasteiger partial charge in [-0.2, -0.15) is 0 Å². The van der Waals surface area contributed by atoms with Gasteiger partial charge in [-0.05, 0) is 36.4 Å². The third kappa shape index (κ3) is 4.85. The van der Waals surface area contributed by atoms with Crippen molar-refractivity contribution in [3.63, 3.8) is 0 Å². The molecule has 0 aliphatic rings. The summed E-state index contributed by atoms with van der Waals surface area (Å²) in [5.74, 6) is -1.22. The lowest BCUT2D eigenvalue weighted by Crippen LogP contribution is -2.28. The summed E-state index contributed by atoms with van der Waals surface area (Å²) in [5.41, 5.74) is 0.790. The molecule has 3 nitrogen and oxygen atoms in total. The molecule has 0 fully saturated rings. The Morgan fingerprint density at radius 1 is 1.21 bits per heavy atom. The van der Waals surface area contributed by atoms with Crippen LogP contribution in [0.1, 0.15) is 5.56 Å². The van der Waals surface area contributed by atoms with Gasteiger partial charge in [0.2, 0.25) is 5.91 Å². The van der Waals surface area contributed by atoms with Crippen molar-refractivity contribution in [1.29, 1.82) is 0 Å². The highest BCUT2D eigenvalue weighted by atomic mass is 35.5. The second-order valence-electron chi connectivity index (χ2n) is 5.07. The van der Waals surface area contributed by atoms with Gasteiger partial charge in [-0.3, -0.25) is 4.79 Å². The van der Waals surface area contributed by atoms with Gasteiger partial charge in [0.15, 0.2) is 11.6 Å². The maximum atomic E-state index is 13.2. The maximum absolute atomic E-state index is 13.2. The third-order valence-electron chi connectivity index (χ3n) is 3.33. The fourth-order valence-corrected chi connectivity index (χ4v) is 3.09. The SMILES string of the molecule is COc1ccc(Cl)cc1CN(C)C(=O)CSc1ccc(F)c(F)c1. The molecule has 0 aliphatic heterocycles. The Hall–Kier alpha value is -1.79. The van der Waals surface area contributed by atoms with Crippen molar-refractivity contribution in [2.24, 2.45) is 0 Å². The van der Waals surface area contributed by atoms with Crippen LogP contribution in [0.3, 0.4) is 0 Å². The highest BCUT2D eigenvalue weighted by Crippen LogP contribution is 2.25. The van der Waals surface area contributed by atoms with Gasteiger partial charge in [0.25, 0.3) is 0 Å². The van der Waals surface area contributed by atoms with Crippen LogP contribution in [0.2, 0.25) is 5.02 Å². The van der Waals surface area contributed by atoms with E-state index in [2.05, 4.69) is 0 Å². The Morgan fingerprint density at radius 2 is 1.96 bits per heavy atom. The van der Waals surface area contributed by atoms with Crippen LogP contribution in [0, 0.1) is 11.6 Å². The fourth-order valence-electron chi connectivity index (χ4n) is 2.04. The first-order chi connectivity index (χ1) is 11.4. The van der Waals surface area contributed by atoms with Crippen molar-refractivity contribution < 1.29 is 18.3 Å². The summed E-state index contributed by atoms with van der Waals surface area (Å²) in [6.07, 6.45) is 0. The van der Waals surface area contributed by atoms with E-state index in [-0.39, 0.29) is 11.7 Å². The molecule has 0 aromatic heterocycles. The van der Waals surface area contributed by atoms with Crippen molar-refractivity contribution in [2.45, 2.75) is 11.4 Å². The van der Waals surface area contributed by atoms with Gasteiger partial charge in [-0.1, -0.05) is 11.6 Å². The molecule has 0 heterocycles. The summed E-state index contributed by atoms with van der Waals surface area (Å²) < 4.78 is 31.3. The van der Waals surface area contributed by atoms with E-state index in [1.807, 2.05) is 0 Å². The number of rotatable bonds is 6. The van der Waals surface area contributed by atoms with Crippen LogP contribution in [-0.4, -0.2) is 30.7 Å². The average molecular weight is 372 g/mol. The van der Waals surface area contributed by atoms with E-state index in [0.717, 1.165) is 29.5 Å². The van der Waals surface area contributed by atoms with Crippen LogP contribution < -0.4 is 4.74 Å². The van der Waals surface area contributed by atoms with Crippen LogP contribution in [0.15, 0.2) is 41.3 Å². The minimum absolute atomic E-state index is 0.116. The third-order valence-corrected chi connectivity index (χ3v) is 4.54. The molecule has 0 spiro atoms. The smallest absolute Gasteiger partial charge is 0.232 e. The molecule has 24 heavy (non-hydrogen) atoms. The zero-order valence-corrected chi connectivity index (χ0v) is 14.8. The van der Waals surface area contributed by atoms with Crippen LogP contribution in [-0.2, 0) is 11.3 Å². The molecule has 2 aromatic carbocycles. The predicted molar refractivity (Wildman–Crippen MR) is 91.6 cm³/mol. The Bertz CT molecular complexity index is 743. The number of methoxy groups -OCH3 is 1. The van der Waals surface area contributed by atoms with Gasteiger partial charge in [0, 0.05) is 29.1 Å².